The van der Waals surface area contributed by atoms with Crippen molar-refractivity contribution in [1.29, 1.82) is 0 Å². The van der Waals surface area contributed by atoms with Crippen LogP contribution >= 0.6 is 11.3 Å². The zero-order chi connectivity index (χ0) is 10.7. The van der Waals surface area contributed by atoms with Crippen LogP contribution in [-0.2, 0) is 6.42 Å². The molecule has 1 saturated carbocycles. The summed E-state index contributed by atoms with van der Waals surface area (Å²) in [6.45, 7) is 3.18. The predicted octanol–water partition coefficient (Wildman–Crippen LogP) is 2.87. The summed E-state index contributed by atoms with van der Waals surface area (Å²) >= 11 is 1.92. The van der Waals surface area contributed by atoms with E-state index in [4.69, 9.17) is 0 Å². The first-order valence-corrected chi connectivity index (χ1v) is 6.73. The molecular formula is C12H20N2S. The average molecular weight is 224 g/mol. The van der Waals surface area contributed by atoms with E-state index in [-0.39, 0.29) is 0 Å². The van der Waals surface area contributed by atoms with Gasteiger partial charge in [-0.2, -0.15) is 0 Å². The SMILES string of the molecule is CNCCc1nc(C)sc1C1CCCC1. The Morgan fingerprint density at radius 3 is 2.80 bits per heavy atom. The van der Waals surface area contributed by atoms with E-state index in [9.17, 15) is 0 Å². The average Bonchev–Trinajstić information content (AvgIpc) is 2.83. The first kappa shape index (κ1) is 11.1. The van der Waals surface area contributed by atoms with E-state index in [1.54, 1.807) is 4.88 Å². The van der Waals surface area contributed by atoms with Gasteiger partial charge in [0.15, 0.2) is 0 Å². The number of thiazole rings is 1. The van der Waals surface area contributed by atoms with Gasteiger partial charge in [-0.25, -0.2) is 4.98 Å². The fraction of sp³-hybridized carbons (Fsp3) is 0.750. The lowest BCUT2D eigenvalue weighted by molar-refractivity contribution is 0.708. The lowest BCUT2D eigenvalue weighted by Gasteiger charge is -2.08. The van der Waals surface area contributed by atoms with Crippen molar-refractivity contribution in [2.24, 2.45) is 0 Å². The van der Waals surface area contributed by atoms with Gasteiger partial charge in [0.1, 0.15) is 0 Å². The number of hydrogen-bond donors (Lipinski definition) is 1. The summed E-state index contributed by atoms with van der Waals surface area (Å²) in [5, 5.41) is 4.45. The van der Waals surface area contributed by atoms with Gasteiger partial charge in [-0.3, -0.25) is 0 Å². The highest BCUT2D eigenvalue weighted by molar-refractivity contribution is 7.11. The maximum atomic E-state index is 4.67. The fourth-order valence-electron chi connectivity index (χ4n) is 2.42. The molecule has 2 rings (SSSR count). The van der Waals surface area contributed by atoms with Crippen molar-refractivity contribution in [2.75, 3.05) is 13.6 Å². The Morgan fingerprint density at radius 1 is 1.40 bits per heavy atom. The molecule has 0 aromatic carbocycles. The molecule has 1 aliphatic carbocycles. The molecule has 2 nitrogen and oxygen atoms in total. The number of rotatable bonds is 4. The highest BCUT2D eigenvalue weighted by Gasteiger charge is 2.22. The zero-order valence-corrected chi connectivity index (χ0v) is 10.5. The van der Waals surface area contributed by atoms with Gasteiger partial charge >= 0.3 is 0 Å². The van der Waals surface area contributed by atoms with Gasteiger partial charge in [0.05, 0.1) is 10.7 Å². The van der Waals surface area contributed by atoms with Crippen LogP contribution < -0.4 is 5.32 Å². The van der Waals surface area contributed by atoms with Gasteiger partial charge in [0.25, 0.3) is 0 Å². The maximum absolute atomic E-state index is 4.67. The van der Waals surface area contributed by atoms with E-state index in [2.05, 4.69) is 17.2 Å². The van der Waals surface area contributed by atoms with Gasteiger partial charge in [0, 0.05) is 17.8 Å². The molecule has 0 radical (unpaired) electrons. The molecule has 0 unspecified atom stereocenters. The van der Waals surface area contributed by atoms with E-state index >= 15 is 0 Å². The van der Waals surface area contributed by atoms with E-state index in [0.29, 0.717) is 0 Å². The predicted molar refractivity (Wildman–Crippen MR) is 65.7 cm³/mol. The van der Waals surface area contributed by atoms with Crippen LogP contribution in [-0.4, -0.2) is 18.6 Å². The van der Waals surface area contributed by atoms with Crippen molar-refractivity contribution < 1.29 is 0 Å². The third kappa shape index (κ3) is 2.58. The summed E-state index contributed by atoms with van der Waals surface area (Å²) in [5.74, 6) is 0.822. The number of nitrogens with zero attached hydrogens (tertiary/aromatic N) is 1. The lowest BCUT2D eigenvalue weighted by Crippen LogP contribution is -2.11. The Labute approximate surface area is 96.1 Å². The Bertz CT molecular complexity index is 313. The molecule has 15 heavy (non-hydrogen) atoms. The molecule has 0 spiro atoms. The van der Waals surface area contributed by atoms with Crippen LogP contribution in [0.2, 0.25) is 0 Å². The minimum atomic E-state index is 0.822. The molecule has 0 bridgehead atoms. The Balaban J connectivity index is 2.13. The molecule has 0 atom stereocenters. The third-order valence-electron chi connectivity index (χ3n) is 3.17. The number of nitrogens with one attached hydrogen (secondary N) is 1. The van der Waals surface area contributed by atoms with Crippen LogP contribution in [0.4, 0.5) is 0 Å². The van der Waals surface area contributed by atoms with Crippen LogP contribution in [0, 0.1) is 6.92 Å². The molecule has 84 valence electrons. The van der Waals surface area contributed by atoms with Crippen LogP contribution in [0.3, 0.4) is 0 Å². The summed E-state index contributed by atoms with van der Waals surface area (Å²) in [6, 6.07) is 0. The first-order valence-electron chi connectivity index (χ1n) is 5.92. The summed E-state index contributed by atoms with van der Waals surface area (Å²) in [5.41, 5.74) is 1.36. The first-order chi connectivity index (χ1) is 7.31. The minimum Gasteiger partial charge on any atom is -0.319 e. The number of aryl methyl sites for hydroxylation is 1. The normalized spacial score (nSPS) is 17.5. The van der Waals surface area contributed by atoms with Crippen molar-refractivity contribution >= 4 is 11.3 Å². The molecular weight excluding hydrogens is 204 g/mol. The summed E-state index contributed by atoms with van der Waals surface area (Å²) in [6.07, 6.45) is 6.68. The zero-order valence-electron chi connectivity index (χ0n) is 9.68. The van der Waals surface area contributed by atoms with E-state index < -0.39 is 0 Å². The fourth-order valence-corrected chi connectivity index (χ4v) is 3.56. The number of aromatic nitrogens is 1. The molecule has 0 saturated heterocycles. The molecule has 3 heteroatoms. The standard InChI is InChI=1S/C12H20N2S/c1-9-14-11(7-8-13-2)12(15-9)10-5-3-4-6-10/h10,13H,3-8H2,1-2H3. The van der Waals surface area contributed by atoms with Crippen LogP contribution in [0.5, 0.6) is 0 Å². The highest BCUT2D eigenvalue weighted by atomic mass is 32.1. The molecule has 0 aliphatic heterocycles. The van der Waals surface area contributed by atoms with Crippen molar-refractivity contribution in [2.45, 2.75) is 44.9 Å². The molecule has 1 heterocycles. The minimum absolute atomic E-state index is 0.822. The monoisotopic (exact) mass is 224 g/mol. The topological polar surface area (TPSA) is 24.9 Å². The second kappa shape index (κ2) is 5.08. The second-order valence-corrected chi connectivity index (χ2v) is 5.61. The van der Waals surface area contributed by atoms with Gasteiger partial charge in [-0.15, -0.1) is 11.3 Å². The summed E-state index contributed by atoms with van der Waals surface area (Å²) in [7, 11) is 2.01. The molecule has 1 fully saturated rings. The summed E-state index contributed by atoms with van der Waals surface area (Å²) in [4.78, 5) is 6.25. The molecule has 1 aromatic rings. The number of likely N-dealkylation sites (N-methyl/N-ethyl adjacent to an activating group) is 1. The molecule has 1 aromatic heterocycles. The van der Waals surface area contributed by atoms with Gasteiger partial charge < -0.3 is 5.32 Å². The largest absolute Gasteiger partial charge is 0.319 e. The van der Waals surface area contributed by atoms with Crippen LogP contribution in [0.1, 0.15) is 47.2 Å². The van der Waals surface area contributed by atoms with Crippen LogP contribution in [0.25, 0.3) is 0 Å². The van der Waals surface area contributed by atoms with Gasteiger partial charge in [-0.1, -0.05) is 12.8 Å². The molecule has 0 amide bonds. The second-order valence-electron chi connectivity index (χ2n) is 4.38. The van der Waals surface area contributed by atoms with E-state index in [0.717, 1.165) is 18.9 Å². The summed E-state index contributed by atoms with van der Waals surface area (Å²) < 4.78 is 0. The van der Waals surface area contributed by atoms with Gasteiger partial charge in [0.2, 0.25) is 0 Å². The van der Waals surface area contributed by atoms with Crippen LogP contribution in [0.15, 0.2) is 0 Å². The van der Waals surface area contributed by atoms with Crippen molar-refractivity contribution in [3.8, 4) is 0 Å². The molecule has 1 aliphatic rings. The highest BCUT2D eigenvalue weighted by Crippen LogP contribution is 2.38. The Hall–Kier alpha value is -0.410. The van der Waals surface area contributed by atoms with E-state index in [1.807, 2.05) is 18.4 Å². The number of hydrogen-bond acceptors (Lipinski definition) is 3. The maximum Gasteiger partial charge on any atom is 0.0900 e. The lowest BCUT2D eigenvalue weighted by atomic mass is 10.0. The van der Waals surface area contributed by atoms with Crippen molar-refractivity contribution in [1.82, 2.24) is 10.3 Å². The Kier molecular flexibility index (Phi) is 3.76. The van der Waals surface area contributed by atoms with Crippen molar-refractivity contribution in [3.05, 3.63) is 15.6 Å². The molecule has 1 N–H and O–H groups in total. The van der Waals surface area contributed by atoms with Gasteiger partial charge in [-0.05, 0) is 32.7 Å². The Morgan fingerprint density at radius 2 is 2.13 bits per heavy atom. The third-order valence-corrected chi connectivity index (χ3v) is 4.35. The van der Waals surface area contributed by atoms with Crippen molar-refractivity contribution in [3.63, 3.8) is 0 Å². The quantitative estimate of drug-likeness (QED) is 0.850. The smallest absolute Gasteiger partial charge is 0.0900 e. The van der Waals surface area contributed by atoms with E-state index in [1.165, 1.54) is 36.4 Å².